The fraction of sp³-hybridized carbons (Fsp3) is 0.600. The number of amidine groups is 1. The topological polar surface area (TPSA) is 107 Å². The number of amides is 1. The van der Waals surface area contributed by atoms with Crippen LogP contribution in [0.2, 0.25) is 0 Å². The highest BCUT2D eigenvalue weighted by atomic mass is 16.6. The zero-order valence-electron chi connectivity index (χ0n) is 17.1. The van der Waals surface area contributed by atoms with Crippen LogP contribution in [0.25, 0.3) is 0 Å². The highest BCUT2D eigenvalue weighted by molar-refractivity contribution is 5.93. The minimum atomic E-state index is -1.06. The zero-order valence-corrected chi connectivity index (χ0v) is 17.1. The molecule has 0 bridgehead atoms. The fourth-order valence-electron chi connectivity index (χ4n) is 3.06. The highest BCUT2D eigenvalue weighted by Crippen LogP contribution is 2.30. The lowest BCUT2D eigenvalue weighted by molar-refractivity contribution is -0.0888. The largest absolute Gasteiger partial charge is 0.444 e. The molecular weight excluding hydrogens is 362 g/mol. The van der Waals surface area contributed by atoms with Gasteiger partial charge in [0, 0.05) is 7.05 Å². The quantitative estimate of drug-likeness (QED) is 0.333. The summed E-state index contributed by atoms with van der Waals surface area (Å²) < 4.78 is 17.1. The minimum Gasteiger partial charge on any atom is -0.444 e. The van der Waals surface area contributed by atoms with Crippen LogP contribution in [0.4, 0.5) is 4.79 Å². The Hall–Kier alpha value is -2.32. The van der Waals surface area contributed by atoms with Crippen molar-refractivity contribution < 1.29 is 24.2 Å². The summed E-state index contributed by atoms with van der Waals surface area (Å²) in [5.74, 6) is -0.0792. The molecule has 0 saturated carbocycles. The van der Waals surface area contributed by atoms with E-state index in [0.29, 0.717) is 26.1 Å². The molecule has 1 aliphatic rings. The van der Waals surface area contributed by atoms with Crippen LogP contribution < -0.4 is 5.73 Å². The van der Waals surface area contributed by atoms with Crippen molar-refractivity contribution in [1.29, 1.82) is 0 Å². The molecule has 156 valence electrons. The monoisotopic (exact) mass is 393 g/mol. The molecule has 0 radical (unpaired) electrons. The van der Waals surface area contributed by atoms with Gasteiger partial charge >= 0.3 is 6.09 Å². The first kappa shape index (κ1) is 22.0. The standard InChI is InChI=1S/C20H31N3O5/c1-19(2,3)28-18(24)23(4)20(17(21)22-25)11-10-16(27-14-20)13-26-12-15-8-6-5-7-9-15/h5-9,16,25H,10-14H2,1-4H3,(H2,21,22)/t16-,20+/m0/s1. The van der Waals surface area contributed by atoms with Crippen molar-refractivity contribution in [2.75, 3.05) is 20.3 Å². The van der Waals surface area contributed by atoms with E-state index in [2.05, 4.69) is 5.16 Å². The van der Waals surface area contributed by atoms with E-state index in [4.69, 9.17) is 19.9 Å². The molecule has 8 nitrogen and oxygen atoms in total. The molecule has 3 N–H and O–H groups in total. The molecule has 1 aromatic rings. The lowest BCUT2D eigenvalue weighted by atomic mass is 9.87. The van der Waals surface area contributed by atoms with Gasteiger partial charge in [-0.3, -0.25) is 4.90 Å². The average Bonchev–Trinajstić information content (AvgIpc) is 2.67. The van der Waals surface area contributed by atoms with E-state index < -0.39 is 17.2 Å². The van der Waals surface area contributed by atoms with Gasteiger partial charge in [0.15, 0.2) is 5.84 Å². The Morgan fingerprint density at radius 2 is 2.07 bits per heavy atom. The van der Waals surface area contributed by atoms with Crippen LogP contribution in [0.15, 0.2) is 35.5 Å². The van der Waals surface area contributed by atoms with E-state index in [9.17, 15) is 10.0 Å². The number of carbonyl (C=O) groups is 1. The predicted octanol–water partition coefficient (Wildman–Crippen LogP) is 2.73. The van der Waals surface area contributed by atoms with Crippen molar-refractivity contribution in [3.8, 4) is 0 Å². The van der Waals surface area contributed by atoms with Gasteiger partial charge in [0.25, 0.3) is 0 Å². The molecule has 0 spiro atoms. The lowest BCUT2D eigenvalue weighted by Gasteiger charge is -2.44. The minimum absolute atomic E-state index is 0.0792. The van der Waals surface area contributed by atoms with Crippen molar-refractivity contribution in [3.05, 3.63) is 35.9 Å². The molecule has 28 heavy (non-hydrogen) atoms. The van der Waals surface area contributed by atoms with Crippen molar-refractivity contribution in [1.82, 2.24) is 4.90 Å². The Bertz CT molecular complexity index is 664. The number of hydrogen-bond acceptors (Lipinski definition) is 6. The molecule has 0 aromatic heterocycles. The molecule has 1 aromatic carbocycles. The molecule has 0 aliphatic carbocycles. The maximum Gasteiger partial charge on any atom is 0.410 e. The Morgan fingerprint density at radius 3 is 2.61 bits per heavy atom. The lowest BCUT2D eigenvalue weighted by Crippen LogP contribution is -2.64. The van der Waals surface area contributed by atoms with Crippen LogP contribution in [0, 0.1) is 0 Å². The van der Waals surface area contributed by atoms with Crippen LogP contribution in [0.1, 0.15) is 39.2 Å². The molecule has 2 rings (SSSR count). The molecule has 2 atom stereocenters. The first-order chi connectivity index (χ1) is 13.2. The molecule has 1 fully saturated rings. The number of likely N-dealkylation sites (N-methyl/N-ethyl adjacent to an activating group) is 1. The third-order valence-electron chi connectivity index (χ3n) is 4.75. The second-order valence-electron chi connectivity index (χ2n) is 8.03. The maximum atomic E-state index is 12.5. The average molecular weight is 393 g/mol. The van der Waals surface area contributed by atoms with Gasteiger partial charge in [0.1, 0.15) is 11.1 Å². The number of benzene rings is 1. The molecule has 1 amide bonds. The second-order valence-corrected chi connectivity index (χ2v) is 8.03. The van der Waals surface area contributed by atoms with Crippen LogP contribution in [0.3, 0.4) is 0 Å². The number of nitrogens with zero attached hydrogens (tertiary/aromatic N) is 2. The summed E-state index contributed by atoms with van der Waals surface area (Å²) in [5, 5.41) is 12.4. The first-order valence-corrected chi connectivity index (χ1v) is 9.36. The van der Waals surface area contributed by atoms with E-state index in [-0.39, 0.29) is 18.5 Å². The molecule has 0 unspecified atom stereocenters. The Kier molecular flexibility index (Phi) is 7.26. The molecule has 1 aliphatic heterocycles. The Morgan fingerprint density at radius 1 is 1.39 bits per heavy atom. The maximum absolute atomic E-state index is 12.5. The first-order valence-electron chi connectivity index (χ1n) is 9.36. The summed E-state index contributed by atoms with van der Waals surface area (Å²) in [6, 6.07) is 9.89. The van der Waals surface area contributed by atoms with E-state index in [1.807, 2.05) is 30.3 Å². The Balaban J connectivity index is 1.96. The fourth-order valence-corrected chi connectivity index (χ4v) is 3.06. The SMILES string of the molecule is CN(C(=O)OC(C)(C)C)[C@]1(C(N)=NO)CC[C@@H](COCc2ccccc2)OC1. The normalized spacial score (nSPS) is 23.3. The third kappa shape index (κ3) is 5.59. The van der Waals surface area contributed by atoms with Crippen molar-refractivity contribution in [2.45, 2.75) is 57.5 Å². The summed E-state index contributed by atoms with van der Waals surface area (Å²) >= 11 is 0. The van der Waals surface area contributed by atoms with Gasteiger partial charge in [-0.1, -0.05) is 35.5 Å². The van der Waals surface area contributed by atoms with Crippen LogP contribution >= 0.6 is 0 Å². The molecule has 1 heterocycles. The van der Waals surface area contributed by atoms with Gasteiger partial charge < -0.3 is 25.2 Å². The number of ether oxygens (including phenoxy) is 3. The van der Waals surface area contributed by atoms with Crippen LogP contribution in [-0.2, 0) is 20.8 Å². The molecule has 1 saturated heterocycles. The van der Waals surface area contributed by atoms with Crippen LogP contribution in [0.5, 0.6) is 0 Å². The number of oxime groups is 1. The van der Waals surface area contributed by atoms with E-state index >= 15 is 0 Å². The number of carbonyl (C=O) groups excluding carboxylic acids is 1. The van der Waals surface area contributed by atoms with Crippen molar-refractivity contribution >= 4 is 11.9 Å². The smallest absolute Gasteiger partial charge is 0.410 e. The summed E-state index contributed by atoms with van der Waals surface area (Å²) in [7, 11) is 1.57. The number of hydrogen-bond donors (Lipinski definition) is 2. The van der Waals surface area contributed by atoms with Crippen molar-refractivity contribution in [2.24, 2.45) is 10.9 Å². The third-order valence-corrected chi connectivity index (χ3v) is 4.75. The highest BCUT2D eigenvalue weighted by Gasteiger charge is 2.47. The number of nitrogens with two attached hydrogens (primary N) is 1. The van der Waals surface area contributed by atoms with Gasteiger partial charge in [-0.2, -0.15) is 0 Å². The van der Waals surface area contributed by atoms with Gasteiger partial charge in [-0.15, -0.1) is 0 Å². The molecular formula is C20H31N3O5. The zero-order chi connectivity index (χ0) is 20.8. The van der Waals surface area contributed by atoms with Crippen LogP contribution in [-0.4, -0.2) is 59.5 Å². The van der Waals surface area contributed by atoms with Crippen molar-refractivity contribution in [3.63, 3.8) is 0 Å². The van der Waals surface area contributed by atoms with E-state index in [1.165, 1.54) is 4.90 Å². The summed E-state index contributed by atoms with van der Waals surface area (Å²) in [6.07, 6.45) is 0.382. The summed E-state index contributed by atoms with van der Waals surface area (Å²) in [6.45, 7) is 6.38. The van der Waals surface area contributed by atoms with Gasteiger partial charge in [-0.05, 0) is 39.2 Å². The predicted molar refractivity (Wildman–Crippen MR) is 105 cm³/mol. The van der Waals surface area contributed by atoms with E-state index in [1.54, 1.807) is 27.8 Å². The summed E-state index contributed by atoms with van der Waals surface area (Å²) in [5.41, 5.74) is 5.32. The molecule has 8 heteroatoms. The number of rotatable bonds is 6. The Labute approximate surface area is 166 Å². The van der Waals surface area contributed by atoms with Gasteiger partial charge in [0.05, 0.1) is 25.9 Å². The summed E-state index contributed by atoms with van der Waals surface area (Å²) in [4.78, 5) is 13.9. The van der Waals surface area contributed by atoms with E-state index in [0.717, 1.165) is 5.56 Å². The van der Waals surface area contributed by atoms with Gasteiger partial charge in [0.2, 0.25) is 0 Å². The van der Waals surface area contributed by atoms with Gasteiger partial charge in [-0.25, -0.2) is 4.79 Å². The second kappa shape index (κ2) is 9.25.